The third-order valence-electron chi connectivity index (χ3n) is 7.16. The van der Waals surface area contributed by atoms with Crippen LogP contribution in [0.15, 0.2) is 22.2 Å². The number of aliphatic hydroxyl groups excluding tert-OH is 1. The van der Waals surface area contributed by atoms with E-state index in [9.17, 15) is 28.9 Å². The summed E-state index contributed by atoms with van der Waals surface area (Å²) in [4.78, 5) is 67.8. The monoisotopic (exact) mass is 760 g/mol. The minimum absolute atomic E-state index is 0.0105. The summed E-state index contributed by atoms with van der Waals surface area (Å²) in [6, 6.07) is 1.89. The number of hydrogen-bond donors (Lipinski definition) is 5. The van der Waals surface area contributed by atoms with E-state index in [2.05, 4.69) is 35.2 Å². The summed E-state index contributed by atoms with van der Waals surface area (Å²) < 4.78 is 58.2. The number of carbonyl (C=O) groups excluding carboxylic acids is 1. The average molecular weight is 761 g/mol. The fourth-order valence-electron chi connectivity index (χ4n) is 4.80. The van der Waals surface area contributed by atoms with E-state index in [-0.39, 0.29) is 60.3 Å². The lowest BCUT2D eigenvalue weighted by Gasteiger charge is -2.24. The molecule has 0 saturated carbocycles. The van der Waals surface area contributed by atoms with Crippen LogP contribution in [0.5, 0.6) is 0 Å². The molecule has 1 aliphatic rings. The van der Waals surface area contributed by atoms with Gasteiger partial charge in [-0.1, -0.05) is 13.8 Å². The van der Waals surface area contributed by atoms with Gasteiger partial charge in [-0.05, 0) is 11.8 Å². The Morgan fingerprint density at radius 1 is 1.22 bits per heavy atom. The Morgan fingerprint density at radius 3 is 2.68 bits per heavy atom. The third kappa shape index (κ3) is 8.21. The molecular formula is C25H31FN10O11P2S. The van der Waals surface area contributed by atoms with E-state index < -0.39 is 75.7 Å². The second kappa shape index (κ2) is 16.0. The summed E-state index contributed by atoms with van der Waals surface area (Å²) >= 11 is 5.51. The first-order valence-corrected chi connectivity index (χ1v) is 18.6. The number of alkyl halides is 1. The molecule has 4 aromatic rings. The maximum Gasteiger partial charge on any atom is 0.327 e. The molecule has 5 rings (SSSR count). The molecular weight excluding hydrogens is 729 g/mol. The van der Waals surface area contributed by atoms with Crippen LogP contribution in [-0.4, -0.2) is 93.1 Å². The number of halogens is 1. The molecule has 2 unspecified atom stereocenters. The van der Waals surface area contributed by atoms with Crippen molar-refractivity contribution in [3.05, 3.63) is 39.2 Å². The number of aromatic nitrogens is 8. The van der Waals surface area contributed by atoms with Crippen LogP contribution < -0.4 is 16.4 Å². The molecule has 4 aromatic heterocycles. The van der Waals surface area contributed by atoms with Crippen LogP contribution in [0.25, 0.3) is 22.3 Å². The van der Waals surface area contributed by atoms with Gasteiger partial charge in [0.1, 0.15) is 24.6 Å². The zero-order valence-electron chi connectivity index (χ0n) is 26.2. The summed E-state index contributed by atoms with van der Waals surface area (Å²) in [6.45, 7) is -2.11. The number of fused-ring (bicyclic) bond motifs is 2. The fraction of sp³-hybridized carbons (Fsp3) is 0.520. The third-order valence-corrected chi connectivity index (χ3v) is 10.0. The molecule has 50 heavy (non-hydrogen) atoms. The first-order valence-electron chi connectivity index (χ1n) is 14.8. The van der Waals surface area contributed by atoms with E-state index in [0.29, 0.717) is 0 Å². The molecule has 0 bridgehead atoms. The van der Waals surface area contributed by atoms with Gasteiger partial charge < -0.3 is 37.9 Å². The average Bonchev–Trinajstić information content (AvgIpc) is 3.74. The van der Waals surface area contributed by atoms with Crippen molar-refractivity contribution in [3.8, 4) is 6.07 Å². The number of amides is 1. The van der Waals surface area contributed by atoms with E-state index in [1.165, 1.54) is 10.9 Å². The Morgan fingerprint density at radius 2 is 1.98 bits per heavy atom. The van der Waals surface area contributed by atoms with Crippen LogP contribution >= 0.6 is 15.0 Å². The van der Waals surface area contributed by atoms with Crippen molar-refractivity contribution in [2.75, 3.05) is 25.1 Å². The minimum Gasteiger partial charge on any atom is -0.388 e. The zero-order valence-corrected chi connectivity index (χ0v) is 28.9. The van der Waals surface area contributed by atoms with Crippen LogP contribution in [0.2, 0.25) is 0 Å². The predicted octanol–water partition coefficient (Wildman–Crippen LogP) is 0.530. The minimum atomic E-state index is -3.75. The molecule has 0 radical (unpaired) electrons. The zero-order chi connectivity index (χ0) is 36.2. The van der Waals surface area contributed by atoms with Gasteiger partial charge in [-0.15, -0.1) is 0 Å². The topological polar surface area (TPSA) is 284 Å². The summed E-state index contributed by atoms with van der Waals surface area (Å²) in [5.41, 5.74) is -1.46. The number of nitrogens with one attached hydrogen (secondary N) is 3. The van der Waals surface area contributed by atoms with Gasteiger partial charge in [0.25, 0.3) is 11.1 Å². The number of aromatic amines is 2. The number of anilines is 1. The molecule has 21 nitrogen and oxygen atoms in total. The van der Waals surface area contributed by atoms with Crippen LogP contribution in [0.3, 0.4) is 0 Å². The van der Waals surface area contributed by atoms with Gasteiger partial charge in [-0.3, -0.25) is 38.3 Å². The lowest BCUT2D eigenvalue weighted by atomic mass is 10.1. The van der Waals surface area contributed by atoms with Gasteiger partial charge in [-0.25, -0.2) is 19.3 Å². The van der Waals surface area contributed by atoms with E-state index in [1.54, 1.807) is 13.8 Å². The van der Waals surface area contributed by atoms with Crippen molar-refractivity contribution in [1.82, 2.24) is 39.0 Å². The van der Waals surface area contributed by atoms with Gasteiger partial charge in [0.05, 0.1) is 45.0 Å². The highest BCUT2D eigenvalue weighted by Gasteiger charge is 2.49. The summed E-state index contributed by atoms with van der Waals surface area (Å²) in [7, 11) is -3.74. The number of carbonyl (C=O) groups is 1. The van der Waals surface area contributed by atoms with E-state index in [1.807, 2.05) is 6.07 Å². The molecule has 5 heterocycles. The quantitative estimate of drug-likeness (QED) is 0.0769. The number of nitrogens with zero attached hydrogens (tertiary/aromatic N) is 7. The number of imidazole rings is 2. The predicted molar refractivity (Wildman–Crippen MR) is 173 cm³/mol. The van der Waals surface area contributed by atoms with E-state index in [4.69, 9.17) is 39.9 Å². The second-order valence-electron chi connectivity index (χ2n) is 10.8. The largest absolute Gasteiger partial charge is 0.388 e. The van der Waals surface area contributed by atoms with Crippen LogP contribution in [-0.2, 0) is 57.1 Å². The first kappa shape index (κ1) is 37.4. The summed E-state index contributed by atoms with van der Waals surface area (Å²) in [5, 5.41) is 21.2. The number of aliphatic hydroxyl groups is 1. The SMILES string of the molecule is CC(C)C(=O)Nc1nc2c(ncn2[C@@H]2O[C@H](COP(=S)(OCCC#N)OCCn3c(CO)nc4c(=O)[nH]cnc43)[C@@H](F)[C@H]2O[PH](=O)O)c(=O)[nH]1. The highest BCUT2D eigenvalue weighted by Crippen LogP contribution is 2.51. The van der Waals surface area contributed by atoms with Gasteiger partial charge in [0.15, 0.2) is 34.7 Å². The second-order valence-corrected chi connectivity index (χ2v) is 14.6. The molecule has 1 aliphatic heterocycles. The van der Waals surface area contributed by atoms with Crippen molar-refractivity contribution in [2.45, 2.75) is 58.0 Å². The fourth-order valence-corrected chi connectivity index (χ4v) is 7.08. The summed E-state index contributed by atoms with van der Waals surface area (Å²) in [5.74, 6) is -1.02. The van der Waals surface area contributed by atoms with Crippen molar-refractivity contribution in [1.29, 1.82) is 5.26 Å². The number of ether oxygens (including phenoxy) is 1. The lowest BCUT2D eigenvalue weighted by Crippen LogP contribution is -2.31. The Hall–Kier alpha value is -3.81. The van der Waals surface area contributed by atoms with E-state index >= 15 is 4.39 Å². The highest BCUT2D eigenvalue weighted by molar-refractivity contribution is 8.07. The van der Waals surface area contributed by atoms with Crippen molar-refractivity contribution in [3.63, 3.8) is 0 Å². The molecule has 25 heteroatoms. The smallest absolute Gasteiger partial charge is 0.327 e. The summed E-state index contributed by atoms with van der Waals surface area (Å²) in [6.07, 6.45) is -4.69. The number of nitriles is 1. The molecule has 0 spiro atoms. The van der Waals surface area contributed by atoms with Crippen LogP contribution in [0.1, 0.15) is 32.3 Å². The van der Waals surface area contributed by atoms with Crippen LogP contribution in [0.4, 0.5) is 10.3 Å². The van der Waals surface area contributed by atoms with Crippen molar-refractivity contribution >= 4 is 61.0 Å². The van der Waals surface area contributed by atoms with Gasteiger partial charge in [-0.2, -0.15) is 10.2 Å². The maximum absolute atomic E-state index is 15.9. The van der Waals surface area contributed by atoms with Crippen molar-refractivity contribution in [2.24, 2.45) is 5.92 Å². The number of rotatable bonds is 16. The van der Waals surface area contributed by atoms with E-state index in [0.717, 1.165) is 10.9 Å². The molecule has 6 atom stereocenters. The lowest BCUT2D eigenvalue weighted by molar-refractivity contribution is -0.118. The normalized spacial score (nSPS) is 21.1. The molecule has 0 aromatic carbocycles. The Labute approximate surface area is 285 Å². The Balaban J connectivity index is 1.35. The Bertz CT molecular complexity index is 2100. The van der Waals surface area contributed by atoms with Gasteiger partial charge in [0.2, 0.25) is 11.9 Å². The molecule has 1 saturated heterocycles. The van der Waals surface area contributed by atoms with Gasteiger partial charge in [0, 0.05) is 12.5 Å². The Kier molecular flexibility index (Phi) is 12.0. The van der Waals surface area contributed by atoms with Crippen molar-refractivity contribution < 1.29 is 46.6 Å². The molecule has 270 valence electrons. The molecule has 1 amide bonds. The number of H-pyrrole nitrogens is 2. The molecule has 0 aliphatic carbocycles. The maximum atomic E-state index is 15.9. The van der Waals surface area contributed by atoms with Gasteiger partial charge >= 0.3 is 15.0 Å². The van der Waals surface area contributed by atoms with Crippen LogP contribution in [0, 0.1) is 17.2 Å². The molecule has 5 N–H and O–H groups in total. The first-order chi connectivity index (χ1) is 23.9. The standard InChI is InChI=1S/C25H31FN10O11P2S/c1-12(2)21(38)33-25-32-20-16(23(40)34-25)30-11-36(20)24-18(47-48(41)42)15(26)13(46-24)9-45-49(50,43-6-3-4-27)44-7-5-35-14(8-37)31-17-19(35)28-10-29-22(17)39/h10-13,15,18,24,37,48H,3,5-9H2,1-2H3,(H,41,42)(H,28,29,39)(H2,32,33,34,38,40)/t13-,15-,18-,24-,49?/m1/s1. The highest BCUT2D eigenvalue weighted by atomic mass is 32.5. The molecule has 1 fully saturated rings. The number of hydrogen-bond acceptors (Lipinski definition) is 16.